The summed E-state index contributed by atoms with van der Waals surface area (Å²) in [5.41, 5.74) is 1.06. The Labute approximate surface area is 123 Å². The highest BCUT2D eigenvalue weighted by atomic mass is 79.9. The first-order chi connectivity index (χ1) is 8.15. The third-order valence-electron chi connectivity index (χ3n) is 2.26. The molecule has 1 heterocycles. The standard InChI is InChI=1S/C12H10BrCl2NS/c13-12-4-3-10(17-12)7-16-6-8-1-2-9(14)5-11(8)15/h1-5,16H,6-7H2. The summed E-state index contributed by atoms with van der Waals surface area (Å²) >= 11 is 17.1. The van der Waals surface area contributed by atoms with Crippen LogP contribution in [-0.4, -0.2) is 0 Å². The number of hydrogen-bond donors (Lipinski definition) is 1. The minimum absolute atomic E-state index is 0.668. The normalized spacial score (nSPS) is 10.8. The smallest absolute Gasteiger partial charge is 0.0701 e. The molecule has 0 aliphatic rings. The zero-order valence-electron chi connectivity index (χ0n) is 8.84. The van der Waals surface area contributed by atoms with Crippen LogP contribution in [0.5, 0.6) is 0 Å². The van der Waals surface area contributed by atoms with Crippen molar-refractivity contribution >= 4 is 50.5 Å². The van der Waals surface area contributed by atoms with E-state index in [4.69, 9.17) is 23.2 Å². The number of rotatable bonds is 4. The van der Waals surface area contributed by atoms with Crippen LogP contribution in [0.2, 0.25) is 10.0 Å². The van der Waals surface area contributed by atoms with Crippen molar-refractivity contribution in [1.29, 1.82) is 0 Å². The Kier molecular flexibility index (Phi) is 4.88. The first-order valence-corrected chi connectivity index (χ1v) is 7.40. The van der Waals surface area contributed by atoms with E-state index in [2.05, 4.69) is 33.4 Å². The Morgan fingerprint density at radius 1 is 1.12 bits per heavy atom. The molecule has 17 heavy (non-hydrogen) atoms. The predicted octanol–water partition coefficient (Wildman–Crippen LogP) is 5.11. The summed E-state index contributed by atoms with van der Waals surface area (Å²) < 4.78 is 1.15. The molecule has 2 aromatic rings. The molecule has 0 fully saturated rings. The molecule has 1 aromatic heterocycles. The molecular weight excluding hydrogens is 341 g/mol. The van der Waals surface area contributed by atoms with Crippen molar-refractivity contribution in [2.24, 2.45) is 0 Å². The fraction of sp³-hybridized carbons (Fsp3) is 0.167. The van der Waals surface area contributed by atoms with E-state index in [0.29, 0.717) is 10.0 Å². The van der Waals surface area contributed by atoms with Crippen LogP contribution in [0.15, 0.2) is 34.1 Å². The largest absolute Gasteiger partial charge is 0.308 e. The Morgan fingerprint density at radius 3 is 2.59 bits per heavy atom. The van der Waals surface area contributed by atoms with Gasteiger partial charge in [0.15, 0.2) is 0 Å². The zero-order valence-corrected chi connectivity index (χ0v) is 12.8. The van der Waals surface area contributed by atoms with E-state index in [-0.39, 0.29) is 0 Å². The van der Waals surface area contributed by atoms with Gasteiger partial charge >= 0.3 is 0 Å². The van der Waals surface area contributed by atoms with Crippen molar-refractivity contribution in [1.82, 2.24) is 5.32 Å². The molecule has 2 rings (SSSR count). The molecule has 0 saturated heterocycles. The van der Waals surface area contributed by atoms with E-state index in [9.17, 15) is 0 Å². The molecule has 0 bridgehead atoms. The monoisotopic (exact) mass is 349 g/mol. The van der Waals surface area contributed by atoms with Crippen LogP contribution in [-0.2, 0) is 13.1 Å². The molecule has 0 spiro atoms. The first kappa shape index (κ1) is 13.4. The summed E-state index contributed by atoms with van der Waals surface area (Å²) in [6.45, 7) is 1.58. The summed E-state index contributed by atoms with van der Waals surface area (Å²) in [6.07, 6.45) is 0. The highest BCUT2D eigenvalue weighted by Gasteiger charge is 2.02. The fourth-order valence-electron chi connectivity index (χ4n) is 1.43. The minimum Gasteiger partial charge on any atom is -0.308 e. The Balaban J connectivity index is 1.90. The van der Waals surface area contributed by atoms with E-state index in [1.54, 1.807) is 17.4 Å². The molecule has 5 heteroatoms. The molecule has 0 aliphatic carbocycles. The Hall–Kier alpha value is -0.0600. The van der Waals surface area contributed by atoms with Gasteiger partial charge in [0.25, 0.3) is 0 Å². The molecule has 90 valence electrons. The van der Waals surface area contributed by atoms with Gasteiger partial charge in [0.2, 0.25) is 0 Å². The lowest BCUT2D eigenvalue weighted by molar-refractivity contribution is 0.701. The second-order valence-electron chi connectivity index (χ2n) is 3.55. The number of thiophene rings is 1. The van der Waals surface area contributed by atoms with Gasteiger partial charge in [-0.1, -0.05) is 29.3 Å². The number of benzene rings is 1. The first-order valence-electron chi connectivity index (χ1n) is 5.04. The Bertz CT molecular complexity index is 513. The van der Waals surface area contributed by atoms with E-state index < -0.39 is 0 Å². The van der Waals surface area contributed by atoms with Crippen molar-refractivity contribution in [2.75, 3.05) is 0 Å². The van der Waals surface area contributed by atoms with Crippen molar-refractivity contribution in [3.63, 3.8) is 0 Å². The summed E-state index contributed by atoms with van der Waals surface area (Å²) in [5, 5.41) is 4.73. The second kappa shape index (κ2) is 6.21. The lowest BCUT2D eigenvalue weighted by atomic mass is 10.2. The molecule has 0 amide bonds. The quantitative estimate of drug-likeness (QED) is 0.808. The van der Waals surface area contributed by atoms with Crippen LogP contribution in [0.3, 0.4) is 0 Å². The second-order valence-corrected chi connectivity index (χ2v) is 6.94. The van der Waals surface area contributed by atoms with Gasteiger partial charge in [-0.25, -0.2) is 0 Å². The third kappa shape index (κ3) is 3.97. The van der Waals surface area contributed by atoms with Crippen molar-refractivity contribution in [3.8, 4) is 0 Å². The van der Waals surface area contributed by atoms with Gasteiger partial charge in [-0.15, -0.1) is 11.3 Å². The lowest BCUT2D eigenvalue weighted by Gasteiger charge is -2.06. The maximum Gasteiger partial charge on any atom is 0.0701 e. The predicted molar refractivity (Wildman–Crippen MR) is 79.0 cm³/mol. The summed E-state index contributed by atoms with van der Waals surface area (Å²) in [7, 11) is 0. The minimum atomic E-state index is 0.668. The molecule has 1 aromatic carbocycles. The van der Waals surface area contributed by atoms with Crippen molar-refractivity contribution < 1.29 is 0 Å². The van der Waals surface area contributed by atoms with Crippen LogP contribution in [0, 0.1) is 0 Å². The Morgan fingerprint density at radius 2 is 1.94 bits per heavy atom. The average molecular weight is 351 g/mol. The summed E-state index contributed by atoms with van der Waals surface area (Å²) in [5.74, 6) is 0. The fourth-order valence-corrected chi connectivity index (χ4v) is 3.36. The van der Waals surface area contributed by atoms with E-state index in [1.807, 2.05) is 12.1 Å². The average Bonchev–Trinajstić information content (AvgIpc) is 2.68. The van der Waals surface area contributed by atoms with Gasteiger partial charge in [0.05, 0.1) is 3.79 Å². The number of nitrogens with one attached hydrogen (secondary N) is 1. The van der Waals surface area contributed by atoms with Gasteiger partial charge < -0.3 is 5.32 Å². The summed E-state index contributed by atoms with van der Waals surface area (Å²) in [6, 6.07) is 9.72. The van der Waals surface area contributed by atoms with Gasteiger partial charge in [-0.2, -0.15) is 0 Å². The SMILES string of the molecule is Clc1ccc(CNCc2ccc(Br)s2)c(Cl)c1. The van der Waals surface area contributed by atoms with Crippen LogP contribution in [0.4, 0.5) is 0 Å². The van der Waals surface area contributed by atoms with E-state index in [1.165, 1.54) is 4.88 Å². The van der Waals surface area contributed by atoms with Gasteiger partial charge in [0.1, 0.15) is 0 Å². The number of hydrogen-bond acceptors (Lipinski definition) is 2. The van der Waals surface area contributed by atoms with Crippen LogP contribution in [0.25, 0.3) is 0 Å². The van der Waals surface area contributed by atoms with Gasteiger partial charge in [-0.3, -0.25) is 0 Å². The highest BCUT2D eigenvalue weighted by Crippen LogP contribution is 2.23. The number of halogens is 3. The molecule has 0 unspecified atom stereocenters. The van der Waals surface area contributed by atoms with Crippen LogP contribution < -0.4 is 5.32 Å². The molecule has 1 nitrogen and oxygen atoms in total. The molecule has 0 radical (unpaired) electrons. The maximum absolute atomic E-state index is 6.09. The molecule has 0 saturated carbocycles. The van der Waals surface area contributed by atoms with Gasteiger partial charge in [-0.05, 0) is 45.8 Å². The van der Waals surface area contributed by atoms with Crippen LogP contribution in [0.1, 0.15) is 10.4 Å². The lowest BCUT2D eigenvalue weighted by Crippen LogP contribution is -2.11. The molecular formula is C12H10BrCl2NS. The third-order valence-corrected chi connectivity index (χ3v) is 4.47. The molecule has 1 N–H and O–H groups in total. The van der Waals surface area contributed by atoms with Crippen molar-refractivity contribution in [3.05, 3.63) is 54.6 Å². The van der Waals surface area contributed by atoms with Gasteiger partial charge in [0, 0.05) is 28.0 Å². The highest BCUT2D eigenvalue weighted by molar-refractivity contribution is 9.11. The zero-order chi connectivity index (χ0) is 12.3. The maximum atomic E-state index is 6.09. The van der Waals surface area contributed by atoms with Crippen LogP contribution >= 0.6 is 50.5 Å². The molecule has 0 aliphatic heterocycles. The summed E-state index contributed by atoms with van der Waals surface area (Å²) in [4.78, 5) is 1.29. The van der Waals surface area contributed by atoms with E-state index >= 15 is 0 Å². The van der Waals surface area contributed by atoms with Crippen molar-refractivity contribution in [2.45, 2.75) is 13.1 Å². The topological polar surface area (TPSA) is 12.0 Å². The molecule has 0 atom stereocenters. The van der Waals surface area contributed by atoms with E-state index in [0.717, 1.165) is 22.4 Å².